The largest absolute Gasteiger partial charge is 0.497 e. The summed E-state index contributed by atoms with van der Waals surface area (Å²) < 4.78 is 21.3. The number of nitrogens with zero attached hydrogens (tertiary/aromatic N) is 9. The van der Waals surface area contributed by atoms with Crippen LogP contribution in [0.3, 0.4) is 0 Å². The lowest BCUT2D eigenvalue weighted by atomic mass is 9.84. The van der Waals surface area contributed by atoms with Crippen molar-refractivity contribution in [3.05, 3.63) is 42.4 Å². The quantitative estimate of drug-likeness (QED) is 0.197. The average molecular weight is 672 g/mol. The predicted molar refractivity (Wildman–Crippen MR) is 186 cm³/mol. The maximum Gasteiger partial charge on any atom is 0.410 e. The van der Waals surface area contributed by atoms with Gasteiger partial charge in [0.05, 0.1) is 42.8 Å². The highest BCUT2D eigenvalue weighted by Gasteiger charge is 2.35. The summed E-state index contributed by atoms with van der Waals surface area (Å²) in [4.78, 5) is 17.5. The standard InChI is InChI=1S/C36H49N9O4/c1-24(44-23-31(39-41-44)28-18-27(47-5)19-32-29(28)20-37-45(32)34-13-6-7-17-48-34)30-14-15-33(40-38-30)42-16-9-12-26(22-42)43(21-25-10-8-11-25)35(46)49-36(2,3)4/h14-15,18-20,23-26,34H,6-13,16-17,21-22H2,1-5H3/t24?,26-,34?/m1/s1. The van der Waals surface area contributed by atoms with Crippen LogP contribution in [-0.4, -0.2) is 91.0 Å². The zero-order chi connectivity index (χ0) is 34.1. The number of benzene rings is 1. The number of methoxy groups -OCH3 is 1. The molecular weight excluding hydrogens is 622 g/mol. The van der Waals surface area contributed by atoms with Crippen LogP contribution < -0.4 is 9.64 Å². The number of ether oxygens (including phenoxy) is 3. The van der Waals surface area contributed by atoms with E-state index in [1.165, 1.54) is 19.3 Å². The minimum absolute atomic E-state index is 0.0727. The van der Waals surface area contributed by atoms with E-state index in [2.05, 4.69) is 25.4 Å². The minimum Gasteiger partial charge on any atom is -0.497 e. The van der Waals surface area contributed by atoms with Crippen molar-refractivity contribution < 1.29 is 19.0 Å². The molecule has 1 aromatic carbocycles. The van der Waals surface area contributed by atoms with Crippen LogP contribution in [0.5, 0.6) is 5.75 Å². The Labute approximate surface area is 287 Å². The first-order valence-corrected chi connectivity index (χ1v) is 17.8. The van der Waals surface area contributed by atoms with E-state index in [0.29, 0.717) is 12.5 Å². The Bertz CT molecular complexity index is 1740. The van der Waals surface area contributed by atoms with E-state index in [4.69, 9.17) is 19.3 Å². The summed E-state index contributed by atoms with van der Waals surface area (Å²) in [7, 11) is 1.67. The lowest BCUT2D eigenvalue weighted by Gasteiger charge is -2.42. The molecule has 4 aromatic rings. The fourth-order valence-corrected chi connectivity index (χ4v) is 7.11. The molecule has 262 valence electrons. The van der Waals surface area contributed by atoms with Gasteiger partial charge in [-0.05, 0) is 96.8 Å². The predicted octanol–water partition coefficient (Wildman–Crippen LogP) is 6.41. The number of carbonyl (C=O) groups excluding carboxylic acids is 1. The Morgan fingerprint density at radius 1 is 1.06 bits per heavy atom. The first-order valence-electron chi connectivity index (χ1n) is 17.8. The smallest absolute Gasteiger partial charge is 0.410 e. The van der Waals surface area contributed by atoms with Gasteiger partial charge >= 0.3 is 6.09 Å². The number of fused-ring (bicyclic) bond motifs is 1. The highest BCUT2D eigenvalue weighted by Crippen LogP contribution is 2.36. The molecule has 3 atom stereocenters. The molecule has 0 radical (unpaired) electrons. The topological polar surface area (TPSA) is 126 Å². The molecule has 2 saturated heterocycles. The first-order chi connectivity index (χ1) is 23.7. The summed E-state index contributed by atoms with van der Waals surface area (Å²) in [5, 5.41) is 24.0. The molecule has 3 fully saturated rings. The Morgan fingerprint density at radius 2 is 1.92 bits per heavy atom. The molecule has 0 spiro atoms. The van der Waals surface area contributed by atoms with Crippen molar-refractivity contribution >= 4 is 22.8 Å². The highest BCUT2D eigenvalue weighted by molar-refractivity contribution is 5.95. The van der Waals surface area contributed by atoms with Gasteiger partial charge in [-0.3, -0.25) is 0 Å². The summed E-state index contributed by atoms with van der Waals surface area (Å²) in [5.41, 5.74) is 2.82. The second-order valence-electron chi connectivity index (χ2n) is 14.8. The van der Waals surface area contributed by atoms with Crippen LogP contribution >= 0.6 is 0 Å². The van der Waals surface area contributed by atoms with Gasteiger partial charge in [0.2, 0.25) is 0 Å². The van der Waals surface area contributed by atoms with E-state index in [0.717, 1.165) is 91.2 Å². The third-order valence-electron chi connectivity index (χ3n) is 10.1. The van der Waals surface area contributed by atoms with Crippen LogP contribution in [0.1, 0.15) is 97.0 Å². The molecule has 49 heavy (non-hydrogen) atoms. The molecule has 13 nitrogen and oxygen atoms in total. The molecule has 2 aliphatic heterocycles. The Hall–Kier alpha value is -4.26. The van der Waals surface area contributed by atoms with Crippen LogP contribution in [0.2, 0.25) is 0 Å². The van der Waals surface area contributed by atoms with E-state index in [1.807, 2.05) is 78.6 Å². The van der Waals surface area contributed by atoms with Crippen LogP contribution in [0, 0.1) is 5.92 Å². The summed E-state index contributed by atoms with van der Waals surface area (Å²) in [6.07, 6.45) is 12.2. The fraction of sp³-hybridized carbons (Fsp3) is 0.611. The molecule has 1 amide bonds. The number of amides is 1. The zero-order valence-electron chi connectivity index (χ0n) is 29.4. The third kappa shape index (κ3) is 7.22. The van der Waals surface area contributed by atoms with Gasteiger partial charge in [0.25, 0.3) is 0 Å². The van der Waals surface area contributed by atoms with Gasteiger partial charge in [-0.1, -0.05) is 11.6 Å². The van der Waals surface area contributed by atoms with E-state index in [1.54, 1.807) is 7.11 Å². The molecular formula is C36H49N9O4. The van der Waals surface area contributed by atoms with Crippen molar-refractivity contribution in [1.29, 1.82) is 0 Å². The number of carbonyl (C=O) groups is 1. The average Bonchev–Trinajstić information content (AvgIpc) is 3.75. The zero-order valence-corrected chi connectivity index (χ0v) is 29.4. The van der Waals surface area contributed by atoms with Crippen molar-refractivity contribution in [3.8, 4) is 17.0 Å². The first kappa shape index (κ1) is 33.2. The molecule has 2 unspecified atom stereocenters. The summed E-state index contributed by atoms with van der Waals surface area (Å²) in [5.74, 6) is 2.09. The van der Waals surface area contributed by atoms with Gasteiger partial charge in [-0.25, -0.2) is 14.2 Å². The number of rotatable bonds is 9. The van der Waals surface area contributed by atoms with Gasteiger partial charge in [0, 0.05) is 43.3 Å². The SMILES string of the molecule is COc1cc(-c2cn(C(C)c3ccc(N4CCC[C@@H](N(CC5CCC5)C(=O)OC(C)(C)C)C4)nn3)nn2)c2cnn(C3CCCCO3)c2c1. The summed E-state index contributed by atoms with van der Waals surface area (Å²) in [6.45, 7) is 10.9. The molecule has 5 heterocycles. The van der Waals surface area contributed by atoms with Crippen molar-refractivity contribution in [2.45, 2.75) is 103 Å². The van der Waals surface area contributed by atoms with Gasteiger partial charge in [0.1, 0.15) is 17.0 Å². The molecule has 1 aliphatic carbocycles. The van der Waals surface area contributed by atoms with E-state index in [9.17, 15) is 4.79 Å². The monoisotopic (exact) mass is 671 g/mol. The van der Waals surface area contributed by atoms with Crippen LogP contribution in [0.25, 0.3) is 22.2 Å². The highest BCUT2D eigenvalue weighted by atomic mass is 16.6. The van der Waals surface area contributed by atoms with Gasteiger partial charge in [-0.15, -0.1) is 10.2 Å². The van der Waals surface area contributed by atoms with Crippen LogP contribution in [-0.2, 0) is 9.47 Å². The van der Waals surface area contributed by atoms with Crippen molar-refractivity contribution in [2.75, 3.05) is 38.3 Å². The Kier molecular flexibility index (Phi) is 9.45. The van der Waals surface area contributed by atoms with E-state index < -0.39 is 5.60 Å². The number of aromatic nitrogens is 7. The second-order valence-corrected chi connectivity index (χ2v) is 14.8. The molecule has 3 aromatic heterocycles. The fourth-order valence-electron chi connectivity index (χ4n) is 7.11. The molecule has 13 heteroatoms. The molecule has 7 rings (SSSR count). The maximum absolute atomic E-state index is 13.3. The minimum atomic E-state index is -0.528. The van der Waals surface area contributed by atoms with Crippen molar-refractivity contribution in [1.82, 2.24) is 39.9 Å². The normalized spacial score (nSPS) is 21.0. The third-order valence-corrected chi connectivity index (χ3v) is 10.1. The van der Waals surface area contributed by atoms with Gasteiger partial charge in [0.15, 0.2) is 12.0 Å². The Morgan fingerprint density at radius 3 is 2.61 bits per heavy atom. The van der Waals surface area contributed by atoms with E-state index >= 15 is 0 Å². The number of hydrogen-bond donors (Lipinski definition) is 0. The van der Waals surface area contributed by atoms with Crippen LogP contribution in [0.4, 0.5) is 10.6 Å². The lowest BCUT2D eigenvalue weighted by Crippen LogP contribution is -2.53. The van der Waals surface area contributed by atoms with Crippen molar-refractivity contribution in [2.24, 2.45) is 5.92 Å². The lowest BCUT2D eigenvalue weighted by molar-refractivity contribution is -0.0366. The maximum atomic E-state index is 13.3. The number of piperidine rings is 1. The molecule has 3 aliphatic rings. The van der Waals surface area contributed by atoms with Gasteiger partial charge in [-0.2, -0.15) is 10.2 Å². The second kappa shape index (κ2) is 13.9. The van der Waals surface area contributed by atoms with Gasteiger partial charge < -0.3 is 24.0 Å². The summed E-state index contributed by atoms with van der Waals surface area (Å²) in [6, 6.07) is 7.89. The molecule has 0 bridgehead atoms. The van der Waals surface area contributed by atoms with E-state index in [-0.39, 0.29) is 24.4 Å². The number of hydrogen-bond acceptors (Lipinski definition) is 10. The summed E-state index contributed by atoms with van der Waals surface area (Å²) >= 11 is 0. The van der Waals surface area contributed by atoms with Crippen LogP contribution in [0.15, 0.2) is 36.7 Å². The number of anilines is 1. The van der Waals surface area contributed by atoms with Crippen molar-refractivity contribution in [3.63, 3.8) is 0 Å². The Balaban J connectivity index is 1.06. The molecule has 1 saturated carbocycles. The molecule has 0 N–H and O–H groups in total.